The van der Waals surface area contributed by atoms with E-state index in [1.807, 2.05) is 40.8 Å². The van der Waals surface area contributed by atoms with Crippen LogP contribution in [0.1, 0.15) is 36.2 Å². The number of rotatable bonds is 8. The number of carbonyl (C=O) groups is 1. The van der Waals surface area contributed by atoms with Gasteiger partial charge in [0.2, 0.25) is 11.7 Å². The number of carbonyl (C=O) groups excluding carboxylic acids is 1. The van der Waals surface area contributed by atoms with Gasteiger partial charge in [0.05, 0.1) is 17.4 Å². The van der Waals surface area contributed by atoms with Crippen molar-refractivity contribution >= 4 is 22.6 Å². The van der Waals surface area contributed by atoms with Gasteiger partial charge in [0, 0.05) is 19.4 Å². The summed E-state index contributed by atoms with van der Waals surface area (Å²) in [5.41, 5.74) is 2.43. The first-order valence-electron chi connectivity index (χ1n) is 11.9. The molecule has 8 heteroatoms. The molecule has 36 heavy (non-hydrogen) atoms. The SMILES string of the molecule is C[C@@H](CNC(=O)CCc1nnc2n(Cc3ccc(F)cc3)c(=O)c3ccccc3n12)c1ccccc1. The molecule has 0 fully saturated rings. The van der Waals surface area contributed by atoms with E-state index < -0.39 is 0 Å². The van der Waals surface area contributed by atoms with Crippen LogP contribution in [-0.4, -0.2) is 31.6 Å². The molecule has 1 amide bonds. The van der Waals surface area contributed by atoms with E-state index in [4.69, 9.17) is 0 Å². The molecule has 5 rings (SSSR count). The van der Waals surface area contributed by atoms with Gasteiger partial charge in [0.1, 0.15) is 11.6 Å². The molecular formula is C28H26FN5O2. The summed E-state index contributed by atoms with van der Waals surface area (Å²) in [4.78, 5) is 25.9. The molecule has 0 saturated carbocycles. The maximum absolute atomic E-state index is 13.4. The van der Waals surface area contributed by atoms with Crippen molar-refractivity contribution in [1.82, 2.24) is 24.5 Å². The number of hydrogen-bond donors (Lipinski definition) is 1. The molecule has 1 N–H and O–H groups in total. The molecule has 0 spiro atoms. The summed E-state index contributed by atoms with van der Waals surface area (Å²) in [6.45, 7) is 2.85. The minimum Gasteiger partial charge on any atom is -0.355 e. The summed E-state index contributed by atoms with van der Waals surface area (Å²) >= 11 is 0. The monoisotopic (exact) mass is 483 g/mol. The molecule has 0 aliphatic rings. The smallest absolute Gasteiger partial charge is 0.263 e. The van der Waals surface area contributed by atoms with E-state index in [1.54, 1.807) is 18.2 Å². The quantitative estimate of drug-likeness (QED) is 0.361. The maximum Gasteiger partial charge on any atom is 0.263 e. The number of benzene rings is 3. The first-order chi connectivity index (χ1) is 17.5. The summed E-state index contributed by atoms with van der Waals surface area (Å²) in [6, 6.07) is 23.4. The van der Waals surface area contributed by atoms with Gasteiger partial charge in [-0.25, -0.2) is 4.39 Å². The highest BCUT2D eigenvalue weighted by Gasteiger charge is 2.17. The number of halogens is 1. The Labute approximate surface area is 207 Å². The van der Waals surface area contributed by atoms with Gasteiger partial charge in [0.25, 0.3) is 5.56 Å². The van der Waals surface area contributed by atoms with E-state index in [2.05, 4.69) is 34.6 Å². The highest BCUT2D eigenvalue weighted by molar-refractivity contribution is 5.80. The van der Waals surface area contributed by atoms with Crippen LogP contribution in [0.25, 0.3) is 16.7 Å². The highest BCUT2D eigenvalue weighted by atomic mass is 19.1. The number of nitrogens with zero attached hydrogens (tertiary/aromatic N) is 4. The Kier molecular flexibility index (Phi) is 6.58. The van der Waals surface area contributed by atoms with E-state index >= 15 is 0 Å². The van der Waals surface area contributed by atoms with Crippen molar-refractivity contribution in [1.29, 1.82) is 0 Å². The number of fused-ring (bicyclic) bond motifs is 3. The van der Waals surface area contributed by atoms with E-state index in [0.29, 0.717) is 35.5 Å². The van der Waals surface area contributed by atoms with Crippen molar-refractivity contribution < 1.29 is 9.18 Å². The number of aromatic nitrogens is 4. The average molecular weight is 484 g/mol. The number of hydrogen-bond acceptors (Lipinski definition) is 4. The van der Waals surface area contributed by atoms with E-state index in [9.17, 15) is 14.0 Å². The second kappa shape index (κ2) is 10.1. The van der Waals surface area contributed by atoms with Crippen LogP contribution in [0.2, 0.25) is 0 Å². The van der Waals surface area contributed by atoms with Crippen molar-refractivity contribution in [2.45, 2.75) is 32.2 Å². The first-order valence-corrected chi connectivity index (χ1v) is 11.9. The van der Waals surface area contributed by atoms with Crippen LogP contribution < -0.4 is 10.9 Å². The van der Waals surface area contributed by atoms with Crippen LogP contribution in [-0.2, 0) is 17.8 Å². The van der Waals surface area contributed by atoms with Gasteiger partial charge in [-0.05, 0) is 41.3 Å². The van der Waals surface area contributed by atoms with Crippen LogP contribution >= 0.6 is 0 Å². The molecule has 0 radical (unpaired) electrons. The molecular weight excluding hydrogens is 457 g/mol. The van der Waals surface area contributed by atoms with Crippen molar-refractivity contribution in [2.75, 3.05) is 6.54 Å². The van der Waals surface area contributed by atoms with Crippen molar-refractivity contribution in [3.63, 3.8) is 0 Å². The lowest BCUT2D eigenvalue weighted by molar-refractivity contribution is -0.121. The maximum atomic E-state index is 13.4. The van der Waals surface area contributed by atoms with E-state index in [-0.39, 0.29) is 36.2 Å². The van der Waals surface area contributed by atoms with Gasteiger partial charge >= 0.3 is 0 Å². The predicted molar refractivity (Wildman–Crippen MR) is 136 cm³/mol. The zero-order valence-electron chi connectivity index (χ0n) is 19.9. The van der Waals surface area contributed by atoms with Gasteiger partial charge in [0.15, 0.2) is 0 Å². The Morgan fingerprint density at radius 3 is 2.47 bits per heavy atom. The van der Waals surface area contributed by atoms with Crippen LogP contribution in [0.15, 0.2) is 83.7 Å². The molecule has 0 bridgehead atoms. The molecule has 1 atom stereocenters. The molecule has 5 aromatic rings. The minimum absolute atomic E-state index is 0.0709. The van der Waals surface area contributed by atoms with Crippen molar-refractivity contribution in [3.8, 4) is 0 Å². The molecule has 3 aromatic carbocycles. The van der Waals surface area contributed by atoms with Crippen LogP contribution in [0.5, 0.6) is 0 Å². The van der Waals surface area contributed by atoms with Gasteiger partial charge < -0.3 is 5.32 Å². The normalized spacial score (nSPS) is 12.2. The zero-order chi connectivity index (χ0) is 25.1. The molecule has 2 aromatic heterocycles. The van der Waals surface area contributed by atoms with Crippen LogP contribution in [0.4, 0.5) is 4.39 Å². The fourth-order valence-electron chi connectivity index (χ4n) is 4.37. The van der Waals surface area contributed by atoms with Gasteiger partial charge in [-0.3, -0.25) is 18.6 Å². The Hall–Kier alpha value is -4.33. The average Bonchev–Trinajstić information content (AvgIpc) is 3.34. The Balaban J connectivity index is 1.39. The lowest BCUT2D eigenvalue weighted by Crippen LogP contribution is -2.28. The summed E-state index contributed by atoms with van der Waals surface area (Å²) < 4.78 is 16.7. The fourth-order valence-corrected chi connectivity index (χ4v) is 4.37. The molecule has 2 heterocycles. The van der Waals surface area contributed by atoms with Gasteiger partial charge in [-0.15, -0.1) is 10.2 Å². The number of aryl methyl sites for hydroxylation is 1. The topological polar surface area (TPSA) is 81.3 Å². The number of para-hydroxylation sites is 1. The summed E-state index contributed by atoms with van der Waals surface area (Å²) in [6.07, 6.45) is 0.610. The third-order valence-corrected chi connectivity index (χ3v) is 6.38. The van der Waals surface area contributed by atoms with Crippen LogP contribution in [0.3, 0.4) is 0 Å². The second-order valence-electron chi connectivity index (χ2n) is 8.90. The molecule has 0 saturated heterocycles. The number of amides is 1. The predicted octanol–water partition coefficient (Wildman–Crippen LogP) is 4.08. The van der Waals surface area contributed by atoms with Gasteiger partial charge in [-0.1, -0.05) is 61.5 Å². The first kappa shape index (κ1) is 23.4. The third-order valence-electron chi connectivity index (χ3n) is 6.38. The summed E-state index contributed by atoms with van der Waals surface area (Å²) in [7, 11) is 0. The lowest BCUT2D eigenvalue weighted by Gasteiger charge is -2.13. The summed E-state index contributed by atoms with van der Waals surface area (Å²) in [5, 5.41) is 12.2. The third kappa shape index (κ3) is 4.75. The lowest BCUT2D eigenvalue weighted by atomic mass is 10.0. The largest absolute Gasteiger partial charge is 0.355 e. The second-order valence-corrected chi connectivity index (χ2v) is 8.90. The molecule has 0 aliphatic carbocycles. The molecule has 7 nitrogen and oxygen atoms in total. The minimum atomic E-state index is -0.337. The Morgan fingerprint density at radius 2 is 1.69 bits per heavy atom. The van der Waals surface area contributed by atoms with Crippen molar-refractivity contribution in [2.24, 2.45) is 0 Å². The molecule has 0 unspecified atom stereocenters. The van der Waals surface area contributed by atoms with E-state index in [1.165, 1.54) is 22.3 Å². The Morgan fingerprint density at radius 1 is 0.972 bits per heavy atom. The van der Waals surface area contributed by atoms with E-state index in [0.717, 1.165) is 5.56 Å². The van der Waals surface area contributed by atoms with Crippen molar-refractivity contribution in [3.05, 3.63) is 112 Å². The summed E-state index contributed by atoms with van der Waals surface area (Å²) in [5.74, 6) is 0.778. The zero-order valence-corrected chi connectivity index (χ0v) is 19.9. The Bertz CT molecular complexity index is 1580. The molecule has 0 aliphatic heterocycles. The number of nitrogens with one attached hydrogen (secondary N) is 1. The molecule has 182 valence electrons. The highest BCUT2D eigenvalue weighted by Crippen LogP contribution is 2.17. The van der Waals surface area contributed by atoms with Gasteiger partial charge in [-0.2, -0.15) is 0 Å². The standard InChI is InChI=1S/C28H26FN5O2/c1-19(21-7-3-2-4-8-21)17-30-26(35)16-15-25-31-32-28-33(18-20-11-13-22(29)14-12-20)27(36)23-9-5-6-10-24(23)34(25)28/h2-14,19H,15-18H2,1H3,(H,30,35)/t19-/m0/s1. The fraction of sp³-hybridized carbons (Fsp3) is 0.214. The van der Waals surface area contributed by atoms with Crippen LogP contribution in [0, 0.1) is 5.82 Å².